The number of aromatic nitrogens is 2. The average Bonchev–Trinajstić information content (AvgIpc) is 3.19. The van der Waals surface area contributed by atoms with E-state index in [1.165, 1.54) is 0 Å². The molecule has 0 aliphatic rings. The normalized spacial score (nSPS) is 11.0. The minimum absolute atomic E-state index is 0.0548. The van der Waals surface area contributed by atoms with Gasteiger partial charge in [-0.1, -0.05) is 41.6 Å². The molecule has 4 aromatic rings. The van der Waals surface area contributed by atoms with E-state index in [2.05, 4.69) is 10.3 Å². The van der Waals surface area contributed by atoms with Crippen molar-refractivity contribution in [3.63, 3.8) is 0 Å². The number of para-hydroxylation sites is 2. The predicted octanol–water partition coefficient (Wildman–Crippen LogP) is 4.55. The topological polar surface area (TPSA) is 60.4 Å². The number of furan rings is 1. The van der Waals surface area contributed by atoms with Crippen molar-refractivity contribution < 1.29 is 4.42 Å². The third-order valence-corrected chi connectivity index (χ3v) is 3.70. The molecular formula is C18H13N3O2. The predicted molar refractivity (Wildman–Crippen MR) is 88.3 cm³/mol. The van der Waals surface area contributed by atoms with Crippen LogP contribution in [0.25, 0.3) is 28.1 Å². The van der Waals surface area contributed by atoms with Gasteiger partial charge in [0.2, 0.25) is 0 Å². The number of hydrogen-bond donors (Lipinski definition) is 0. The Labute approximate surface area is 132 Å². The average molecular weight is 303 g/mol. The highest BCUT2D eigenvalue weighted by Crippen LogP contribution is 2.30. The molecule has 2 aromatic heterocycles. The molecular weight excluding hydrogens is 290 g/mol. The summed E-state index contributed by atoms with van der Waals surface area (Å²) in [6, 6.07) is 19.4. The van der Waals surface area contributed by atoms with Crippen LogP contribution in [0.1, 0.15) is 5.56 Å². The van der Waals surface area contributed by atoms with Crippen LogP contribution in [0.4, 0.5) is 0 Å². The highest BCUT2D eigenvalue weighted by Gasteiger charge is 2.16. The van der Waals surface area contributed by atoms with Gasteiger partial charge in [0.25, 0.3) is 0 Å². The second-order valence-electron chi connectivity index (χ2n) is 5.22. The van der Waals surface area contributed by atoms with Gasteiger partial charge in [0.1, 0.15) is 17.8 Å². The van der Waals surface area contributed by atoms with Gasteiger partial charge < -0.3 is 4.42 Å². The van der Waals surface area contributed by atoms with Gasteiger partial charge in [-0.05, 0) is 24.3 Å². The van der Waals surface area contributed by atoms with Crippen molar-refractivity contribution in [1.82, 2.24) is 9.78 Å². The molecule has 0 amide bonds. The lowest BCUT2D eigenvalue weighted by molar-refractivity contribution is 0.626. The first kappa shape index (κ1) is 13.5. The first-order chi connectivity index (χ1) is 11.3. The van der Waals surface area contributed by atoms with Crippen molar-refractivity contribution in [2.24, 2.45) is 5.18 Å². The highest BCUT2D eigenvalue weighted by molar-refractivity contribution is 5.82. The summed E-state index contributed by atoms with van der Waals surface area (Å²) in [4.78, 5) is 10.8. The summed E-state index contributed by atoms with van der Waals surface area (Å²) >= 11 is 0. The summed E-state index contributed by atoms with van der Waals surface area (Å²) in [6.45, 7) is 0.0548. The zero-order valence-electron chi connectivity index (χ0n) is 12.2. The van der Waals surface area contributed by atoms with Crippen molar-refractivity contribution in [2.45, 2.75) is 6.54 Å². The monoisotopic (exact) mass is 303 g/mol. The maximum Gasteiger partial charge on any atom is 0.156 e. The number of benzene rings is 2. The van der Waals surface area contributed by atoms with E-state index < -0.39 is 0 Å². The Morgan fingerprint density at radius 3 is 2.61 bits per heavy atom. The molecule has 112 valence electrons. The molecule has 0 bridgehead atoms. The largest absolute Gasteiger partial charge is 0.454 e. The lowest BCUT2D eigenvalue weighted by atomic mass is 10.2. The fourth-order valence-electron chi connectivity index (χ4n) is 2.61. The molecule has 0 radical (unpaired) electrons. The number of fused-ring (bicyclic) bond motifs is 1. The Morgan fingerprint density at radius 1 is 1.04 bits per heavy atom. The second-order valence-corrected chi connectivity index (χ2v) is 5.22. The van der Waals surface area contributed by atoms with Crippen LogP contribution >= 0.6 is 0 Å². The Balaban J connectivity index is 1.86. The standard InChI is InChI=1S/C18H13N3O2/c22-19-11-14-12-21(15-7-2-1-3-8-15)20-18(14)17-10-13-6-4-5-9-16(13)23-17/h1-10,12H,11H2. The van der Waals surface area contributed by atoms with Gasteiger partial charge in [-0.15, -0.1) is 0 Å². The lowest BCUT2D eigenvalue weighted by Gasteiger charge is -1.98. The van der Waals surface area contributed by atoms with E-state index in [0.717, 1.165) is 22.2 Å². The molecule has 4 rings (SSSR count). The molecule has 5 heteroatoms. The molecule has 0 aliphatic carbocycles. The van der Waals surface area contributed by atoms with E-state index in [4.69, 9.17) is 4.42 Å². The minimum Gasteiger partial charge on any atom is -0.454 e. The fraction of sp³-hybridized carbons (Fsp3) is 0.0556. The van der Waals surface area contributed by atoms with E-state index in [1.54, 1.807) is 4.68 Å². The van der Waals surface area contributed by atoms with Crippen LogP contribution in [0.2, 0.25) is 0 Å². The molecule has 23 heavy (non-hydrogen) atoms. The van der Waals surface area contributed by atoms with Crippen molar-refractivity contribution in [3.05, 3.63) is 77.3 Å². The SMILES string of the molecule is O=NCc1cn(-c2ccccc2)nc1-c1cc2ccccc2o1. The summed E-state index contributed by atoms with van der Waals surface area (Å²) in [6.07, 6.45) is 1.82. The van der Waals surface area contributed by atoms with Crippen LogP contribution in [-0.4, -0.2) is 9.78 Å². The van der Waals surface area contributed by atoms with Gasteiger partial charge in [0, 0.05) is 17.1 Å². The maximum absolute atomic E-state index is 10.8. The van der Waals surface area contributed by atoms with Crippen LogP contribution in [0.3, 0.4) is 0 Å². The summed E-state index contributed by atoms with van der Waals surface area (Å²) in [7, 11) is 0. The molecule has 2 aromatic carbocycles. The number of nitrogens with zero attached hydrogens (tertiary/aromatic N) is 3. The van der Waals surface area contributed by atoms with Gasteiger partial charge >= 0.3 is 0 Å². The molecule has 0 spiro atoms. The maximum atomic E-state index is 10.8. The van der Waals surface area contributed by atoms with Crippen molar-refractivity contribution >= 4 is 11.0 Å². The molecule has 5 nitrogen and oxygen atoms in total. The molecule has 0 atom stereocenters. The van der Waals surface area contributed by atoms with Crippen molar-refractivity contribution in [1.29, 1.82) is 0 Å². The molecule has 0 N–H and O–H groups in total. The van der Waals surface area contributed by atoms with E-state index in [0.29, 0.717) is 11.5 Å². The molecule has 0 fully saturated rings. The van der Waals surface area contributed by atoms with E-state index in [-0.39, 0.29) is 6.54 Å². The smallest absolute Gasteiger partial charge is 0.156 e. The second kappa shape index (κ2) is 5.53. The first-order valence-electron chi connectivity index (χ1n) is 7.27. The Kier molecular flexibility index (Phi) is 3.24. The molecule has 2 heterocycles. The number of nitroso groups, excluding NO2 is 1. The van der Waals surface area contributed by atoms with E-state index >= 15 is 0 Å². The number of rotatable bonds is 4. The third kappa shape index (κ3) is 2.42. The lowest BCUT2D eigenvalue weighted by Crippen LogP contribution is -1.93. The van der Waals surface area contributed by atoms with Crippen molar-refractivity contribution in [3.8, 4) is 17.1 Å². The molecule has 0 saturated carbocycles. The summed E-state index contributed by atoms with van der Waals surface area (Å²) in [5, 5.41) is 8.60. The van der Waals surface area contributed by atoms with Crippen LogP contribution in [-0.2, 0) is 6.54 Å². The summed E-state index contributed by atoms with van der Waals surface area (Å²) < 4.78 is 7.61. The van der Waals surface area contributed by atoms with Crippen LogP contribution < -0.4 is 0 Å². The van der Waals surface area contributed by atoms with Crippen molar-refractivity contribution in [2.75, 3.05) is 0 Å². The van der Waals surface area contributed by atoms with Crippen LogP contribution in [0.15, 0.2) is 76.5 Å². The van der Waals surface area contributed by atoms with Gasteiger partial charge in [-0.2, -0.15) is 10.0 Å². The van der Waals surface area contributed by atoms with Gasteiger partial charge in [-0.25, -0.2) is 4.68 Å². The highest BCUT2D eigenvalue weighted by atomic mass is 16.3. The first-order valence-corrected chi connectivity index (χ1v) is 7.27. The van der Waals surface area contributed by atoms with Crippen LogP contribution in [0, 0.1) is 4.91 Å². The van der Waals surface area contributed by atoms with Gasteiger partial charge in [-0.3, -0.25) is 0 Å². The molecule has 0 saturated heterocycles. The van der Waals surface area contributed by atoms with E-state index in [9.17, 15) is 4.91 Å². The van der Waals surface area contributed by atoms with E-state index in [1.807, 2.05) is 66.9 Å². The Bertz CT molecular complexity index is 937. The third-order valence-electron chi connectivity index (χ3n) is 3.70. The Morgan fingerprint density at radius 2 is 1.83 bits per heavy atom. The fourth-order valence-corrected chi connectivity index (χ4v) is 2.61. The zero-order chi connectivity index (χ0) is 15.6. The summed E-state index contributed by atoms with van der Waals surface area (Å²) in [5.74, 6) is 0.638. The quantitative estimate of drug-likeness (QED) is 0.519. The number of hydrogen-bond acceptors (Lipinski definition) is 4. The van der Waals surface area contributed by atoms with Gasteiger partial charge in [0.15, 0.2) is 5.76 Å². The zero-order valence-corrected chi connectivity index (χ0v) is 12.2. The Hall–Kier alpha value is -3.21. The molecule has 0 aliphatic heterocycles. The minimum atomic E-state index is 0.0548. The van der Waals surface area contributed by atoms with Crippen LogP contribution in [0.5, 0.6) is 0 Å². The summed E-state index contributed by atoms with van der Waals surface area (Å²) in [5.41, 5.74) is 3.09. The molecule has 0 unspecified atom stereocenters. The van der Waals surface area contributed by atoms with Gasteiger partial charge in [0.05, 0.1) is 5.69 Å².